The van der Waals surface area contributed by atoms with E-state index in [-0.39, 0.29) is 18.9 Å². The zero-order valence-corrected chi connectivity index (χ0v) is 8.40. The number of aliphatic hydroxyl groups excluding tert-OH is 1. The van der Waals surface area contributed by atoms with Crippen LogP contribution in [-0.4, -0.2) is 47.8 Å². The summed E-state index contributed by atoms with van der Waals surface area (Å²) in [4.78, 5) is 21.5. The Labute approximate surface area is 87.7 Å². The topological polar surface area (TPSA) is 98.7 Å². The molecule has 1 aliphatic rings. The lowest BCUT2D eigenvalue weighted by molar-refractivity contribution is -0.147. The van der Waals surface area contributed by atoms with E-state index < -0.39 is 12.1 Å². The van der Waals surface area contributed by atoms with E-state index in [0.717, 1.165) is 13.1 Å². The summed E-state index contributed by atoms with van der Waals surface area (Å²) >= 11 is 0. The van der Waals surface area contributed by atoms with Gasteiger partial charge in [0, 0.05) is 19.4 Å². The van der Waals surface area contributed by atoms with Crippen LogP contribution >= 0.6 is 0 Å². The highest BCUT2D eigenvalue weighted by atomic mass is 16.4. The minimum atomic E-state index is -1.39. The first kappa shape index (κ1) is 11.9. The third-order valence-corrected chi connectivity index (χ3v) is 2.37. The molecule has 0 bridgehead atoms. The molecule has 1 aliphatic heterocycles. The molecule has 6 nitrogen and oxygen atoms in total. The van der Waals surface area contributed by atoms with Crippen molar-refractivity contribution in [1.82, 2.24) is 10.6 Å². The van der Waals surface area contributed by atoms with Crippen molar-refractivity contribution >= 4 is 11.9 Å². The van der Waals surface area contributed by atoms with Crippen molar-refractivity contribution in [2.24, 2.45) is 5.92 Å². The van der Waals surface area contributed by atoms with Gasteiger partial charge in [-0.3, -0.25) is 4.79 Å². The molecule has 0 aromatic heterocycles. The van der Waals surface area contributed by atoms with Gasteiger partial charge in [-0.05, 0) is 19.0 Å². The summed E-state index contributed by atoms with van der Waals surface area (Å²) in [6.45, 7) is 1.93. The van der Waals surface area contributed by atoms with Crippen molar-refractivity contribution in [2.45, 2.75) is 18.9 Å². The van der Waals surface area contributed by atoms with Crippen LogP contribution in [-0.2, 0) is 9.59 Å². The molecule has 0 spiro atoms. The number of carboxylic acid groups (broad SMARTS) is 1. The minimum absolute atomic E-state index is 0.0456. The van der Waals surface area contributed by atoms with Gasteiger partial charge in [-0.15, -0.1) is 0 Å². The van der Waals surface area contributed by atoms with Crippen LogP contribution in [0.4, 0.5) is 0 Å². The van der Waals surface area contributed by atoms with Crippen molar-refractivity contribution in [1.29, 1.82) is 0 Å². The van der Waals surface area contributed by atoms with E-state index in [0.29, 0.717) is 12.3 Å². The molecule has 0 radical (unpaired) electrons. The zero-order chi connectivity index (χ0) is 11.3. The van der Waals surface area contributed by atoms with Crippen molar-refractivity contribution in [3.05, 3.63) is 0 Å². The molecule has 4 N–H and O–H groups in total. The molecule has 86 valence electrons. The second kappa shape index (κ2) is 5.67. The van der Waals surface area contributed by atoms with Gasteiger partial charge in [0.15, 0.2) is 6.10 Å². The Balaban J connectivity index is 2.03. The zero-order valence-electron chi connectivity index (χ0n) is 8.40. The van der Waals surface area contributed by atoms with E-state index in [9.17, 15) is 9.59 Å². The second-order valence-corrected chi connectivity index (χ2v) is 3.72. The van der Waals surface area contributed by atoms with Crippen LogP contribution in [0.15, 0.2) is 0 Å². The van der Waals surface area contributed by atoms with Gasteiger partial charge in [-0.2, -0.15) is 0 Å². The fraction of sp³-hybridized carbons (Fsp3) is 0.778. The lowest BCUT2D eigenvalue weighted by Crippen LogP contribution is -2.44. The maximum atomic E-state index is 11.2. The van der Waals surface area contributed by atoms with Gasteiger partial charge < -0.3 is 20.8 Å². The lowest BCUT2D eigenvalue weighted by Gasteiger charge is -2.26. The SMILES string of the molecule is O=C(CC1CNC1)NCC[C@H](O)C(=O)O. The van der Waals surface area contributed by atoms with E-state index in [4.69, 9.17) is 10.2 Å². The first-order valence-electron chi connectivity index (χ1n) is 4.98. The third kappa shape index (κ3) is 4.26. The van der Waals surface area contributed by atoms with Crippen molar-refractivity contribution in [2.75, 3.05) is 19.6 Å². The normalized spacial score (nSPS) is 17.9. The highest BCUT2D eigenvalue weighted by Crippen LogP contribution is 2.07. The van der Waals surface area contributed by atoms with E-state index in [1.165, 1.54) is 0 Å². The number of carbonyl (C=O) groups excluding carboxylic acids is 1. The number of hydrogen-bond donors (Lipinski definition) is 4. The molecule has 15 heavy (non-hydrogen) atoms. The average molecular weight is 216 g/mol. The van der Waals surface area contributed by atoms with Gasteiger partial charge in [0.25, 0.3) is 0 Å². The Bertz CT molecular complexity index is 240. The Kier molecular flexibility index (Phi) is 4.51. The highest BCUT2D eigenvalue weighted by Gasteiger charge is 2.20. The monoisotopic (exact) mass is 216 g/mol. The minimum Gasteiger partial charge on any atom is -0.479 e. The Hall–Kier alpha value is -1.14. The quantitative estimate of drug-likeness (QED) is 0.435. The van der Waals surface area contributed by atoms with Gasteiger partial charge in [-0.1, -0.05) is 0 Å². The van der Waals surface area contributed by atoms with Gasteiger partial charge >= 0.3 is 5.97 Å². The first-order valence-corrected chi connectivity index (χ1v) is 4.98. The van der Waals surface area contributed by atoms with Crippen molar-refractivity contribution < 1.29 is 19.8 Å². The van der Waals surface area contributed by atoms with Gasteiger partial charge in [0.1, 0.15) is 0 Å². The number of hydrogen-bond acceptors (Lipinski definition) is 4. The second-order valence-electron chi connectivity index (χ2n) is 3.72. The van der Waals surface area contributed by atoms with Crippen LogP contribution in [0.5, 0.6) is 0 Å². The predicted molar refractivity (Wildman–Crippen MR) is 52.2 cm³/mol. The molecular weight excluding hydrogens is 200 g/mol. The van der Waals surface area contributed by atoms with Gasteiger partial charge in [0.2, 0.25) is 5.91 Å². The first-order chi connectivity index (χ1) is 7.09. The van der Waals surface area contributed by atoms with Gasteiger partial charge in [-0.25, -0.2) is 4.79 Å². The number of aliphatic hydroxyl groups is 1. The van der Waals surface area contributed by atoms with Crippen LogP contribution in [0.2, 0.25) is 0 Å². The van der Waals surface area contributed by atoms with Crippen LogP contribution < -0.4 is 10.6 Å². The molecule has 0 aliphatic carbocycles. The number of carboxylic acids is 1. The van der Waals surface area contributed by atoms with Crippen molar-refractivity contribution in [3.63, 3.8) is 0 Å². The summed E-state index contributed by atoms with van der Waals surface area (Å²) < 4.78 is 0. The Morgan fingerprint density at radius 1 is 1.47 bits per heavy atom. The molecule has 6 heteroatoms. The highest BCUT2D eigenvalue weighted by molar-refractivity contribution is 5.76. The summed E-state index contributed by atoms with van der Waals surface area (Å²) in [6.07, 6.45) is -0.879. The summed E-state index contributed by atoms with van der Waals surface area (Å²) in [7, 11) is 0. The summed E-state index contributed by atoms with van der Waals surface area (Å²) in [5.41, 5.74) is 0. The molecule has 1 amide bonds. The van der Waals surface area contributed by atoms with Gasteiger partial charge in [0.05, 0.1) is 0 Å². The maximum absolute atomic E-state index is 11.2. The molecule has 1 fully saturated rings. The number of carbonyl (C=O) groups is 2. The van der Waals surface area contributed by atoms with Crippen molar-refractivity contribution in [3.8, 4) is 0 Å². The van der Waals surface area contributed by atoms with Crippen LogP contribution in [0, 0.1) is 5.92 Å². The molecular formula is C9H16N2O4. The Morgan fingerprint density at radius 2 is 2.13 bits per heavy atom. The summed E-state index contributed by atoms with van der Waals surface area (Å²) in [5.74, 6) is -0.944. The van der Waals surface area contributed by atoms with E-state index in [1.807, 2.05) is 0 Å². The third-order valence-electron chi connectivity index (χ3n) is 2.37. The average Bonchev–Trinajstić information content (AvgIpc) is 2.11. The summed E-state index contributed by atoms with van der Waals surface area (Å²) in [5, 5.41) is 22.9. The standard InChI is InChI=1S/C9H16N2O4/c12-7(9(14)15)1-2-11-8(13)3-6-4-10-5-6/h6-7,10,12H,1-5H2,(H,11,13)(H,14,15)/t7-/m0/s1. The molecule has 0 aromatic carbocycles. The number of rotatable bonds is 6. The molecule has 1 saturated heterocycles. The number of nitrogens with one attached hydrogen (secondary N) is 2. The van der Waals surface area contributed by atoms with E-state index in [1.54, 1.807) is 0 Å². The molecule has 0 aromatic rings. The fourth-order valence-corrected chi connectivity index (χ4v) is 1.30. The number of amides is 1. The Morgan fingerprint density at radius 3 is 2.60 bits per heavy atom. The molecule has 1 atom stereocenters. The van der Waals surface area contributed by atoms with Crippen LogP contribution in [0.1, 0.15) is 12.8 Å². The van der Waals surface area contributed by atoms with Crippen LogP contribution in [0.25, 0.3) is 0 Å². The largest absolute Gasteiger partial charge is 0.479 e. The number of aliphatic carboxylic acids is 1. The molecule has 0 saturated carbocycles. The fourth-order valence-electron chi connectivity index (χ4n) is 1.30. The lowest BCUT2D eigenvalue weighted by atomic mass is 9.99. The smallest absolute Gasteiger partial charge is 0.332 e. The summed E-state index contributed by atoms with van der Waals surface area (Å²) in [6, 6.07) is 0. The molecule has 1 rings (SSSR count). The van der Waals surface area contributed by atoms with Crippen LogP contribution in [0.3, 0.4) is 0 Å². The molecule has 1 heterocycles. The van der Waals surface area contributed by atoms with E-state index in [2.05, 4.69) is 10.6 Å². The predicted octanol–water partition coefficient (Wildman–Crippen LogP) is -1.45. The van der Waals surface area contributed by atoms with E-state index >= 15 is 0 Å². The maximum Gasteiger partial charge on any atom is 0.332 e. The molecule has 0 unspecified atom stereocenters.